The van der Waals surface area contributed by atoms with Crippen molar-refractivity contribution >= 4 is 9.84 Å². The van der Waals surface area contributed by atoms with Crippen molar-refractivity contribution in [2.45, 2.75) is 11.8 Å². The van der Waals surface area contributed by atoms with Crippen LogP contribution in [0.25, 0.3) is 23.0 Å². The van der Waals surface area contributed by atoms with Gasteiger partial charge in [-0.1, -0.05) is 5.16 Å². The van der Waals surface area contributed by atoms with Crippen LogP contribution in [0.5, 0.6) is 0 Å². The smallest absolute Gasteiger partial charge is 0.276 e. The Morgan fingerprint density at radius 1 is 1.09 bits per heavy atom. The topological polar surface area (TPSA) is 98.8 Å². The molecule has 0 unspecified atom stereocenters. The molecule has 2 aromatic heterocycles. The molecule has 7 nitrogen and oxygen atoms in total. The van der Waals surface area contributed by atoms with E-state index in [9.17, 15) is 8.42 Å². The number of benzene rings is 1. The van der Waals surface area contributed by atoms with Crippen LogP contribution in [-0.2, 0) is 9.84 Å². The normalized spacial score (nSPS) is 11.5. The molecule has 8 heteroatoms. The van der Waals surface area contributed by atoms with E-state index in [1.807, 2.05) is 6.92 Å². The molecule has 0 saturated heterocycles. The van der Waals surface area contributed by atoms with Crippen molar-refractivity contribution in [2.75, 3.05) is 6.26 Å². The molecule has 3 aromatic rings. The van der Waals surface area contributed by atoms with Crippen LogP contribution in [0.4, 0.5) is 0 Å². The summed E-state index contributed by atoms with van der Waals surface area (Å²) in [7, 11) is -3.23. The van der Waals surface area contributed by atoms with Crippen molar-refractivity contribution < 1.29 is 12.9 Å². The predicted molar refractivity (Wildman–Crippen MR) is 78.6 cm³/mol. The van der Waals surface area contributed by atoms with Gasteiger partial charge < -0.3 is 4.52 Å². The Balaban J connectivity index is 1.94. The summed E-state index contributed by atoms with van der Waals surface area (Å²) in [6.45, 7) is 1.84. The van der Waals surface area contributed by atoms with Crippen molar-refractivity contribution in [1.82, 2.24) is 20.1 Å². The van der Waals surface area contributed by atoms with Gasteiger partial charge in [0.2, 0.25) is 5.82 Å². The molecule has 0 aliphatic rings. The highest BCUT2D eigenvalue weighted by Crippen LogP contribution is 2.22. The van der Waals surface area contributed by atoms with E-state index in [1.165, 1.54) is 18.5 Å². The van der Waals surface area contributed by atoms with E-state index in [0.29, 0.717) is 17.1 Å². The fourth-order valence-corrected chi connectivity index (χ4v) is 2.50. The first kappa shape index (κ1) is 14.3. The average Bonchev–Trinajstić information content (AvgIpc) is 2.96. The lowest BCUT2D eigenvalue weighted by Gasteiger charge is -1.98. The Labute approximate surface area is 127 Å². The highest BCUT2D eigenvalue weighted by Gasteiger charge is 2.13. The van der Waals surface area contributed by atoms with Gasteiger partial charge in [-0.3, -0.25) is 0 Å². The third kappa shape index (κ3) is 2.86. The second-order valence-corrected chi connectivity index (χ2v) is 6.78. The van der Waals surface area contributed by atoms with Gasteiger partial charge in [0.25, 0.3) is 5.89 Å². The summed E-state index contributed by atoms with van der Waals surface area (Å²) >= 11 is 0. The second kappa shape index (κ2) is 5.30. The Bertz CT molecular complexity index is 917. The number of sulfone groups is 1. The summed E-state index contributed by atoms with van der Waals surface area (Å²) in [5.74, 6) is 0.652. The zero-order valence-electron chi connectivity index (χ0n) is 11.9. The van der Waals surface area contributed by atoms with Gasteiger partial charge in [0.15, 0.2) is 9.84 Å². The lowest BCUT2D eigenvalue weighted by Crippen LogP contribution is -1.96. The molecule has 0 bridgehead atoms. The van der Waals surface area contributed by atoms with Crippen LogP contribution < -0.4 is 0 Å². The number of aromatic nitrogens is 4. The summed E-state index contributed by atoms with van der Waals surface area (Å²) in [5, 5.41) is 3.89. The lowest BCUT2D eigenvalue weighted by molar-refractivity contribution is 0.431. The first-order chi connectivity index (χ1) is 10.4. The summed E-state index contributed by atoms with van der Waals surface area (Å²) in [4.78, 5) is 12.6. The zero-order chi connectivity index (χ0) is 15.7. The molecule has 112 valence electrons. The van der Waals surface area contributed by atoms with Crippen LogP contribution in [0, 0.1) is 6.92 Å². The molecule has 1 aromatic carbocycles. The number of hydrogen-bond acceptors (Lipinski definition) is 7. The van der Waals surface area contributed by atoms with E-state index in [-0.39, 0.29) is 10.8 Å². The monoisotopic (exact) mass is 316 g/mol. The minimum absolute atomic E-state index is 0.242. The van der Waals surface area contributed by atoms with Crippen molar-refractivity contribution in [2.24, 2.45) is 0 Å². The van der Waals surface area contributed by atoms with Gasteiger partial charge in [0.05, 0.1) is 4.90 Å². The van der Waals surface area contributed by atoms with Gasteiger partial charge in [0.1, 0.15) is 12.0 Å². The van der Waals surface area contributed by atoms with E-state index in [0.717, 1.165) is 11.9 Å². The lowest BCUT2D eigenvalue weighted by atomic mass is 10.2. The maximum atomic E-state index is 11.4. The van der Waals surface area contributed by atoms with E-state index >= 15 is 0 Å². The van der Waals surface area contributed by atoms with Gasteiger partial charge >= 0.3 is 0 Å². The Kier molecular flexibility index (Phi) is 3.45. The van der Waals surface area contributed by atoms with Crippen LogP contribution in [-0.4, -0.2) is 34.8 Å². The first-order valence-electron chi connectivity index (χ1n) is 6.37. The molecule has 22 heavy (non-hydrogen) atoms. The number of aryl methyl sites for hydroxylation is 1. The number of nitrogens with zero attached hydrogens (tertiary/aromatic N) is 4. The SMILES string of the molecule is Cc1cc(-c2nc(-c3ccc(S(C)(=O)=O)cc3)no2)ncn1. The van der Waals surface area contributed by atoms with Gasteiger partial charge in [0, 0.05) is 17.5 Å². The van der Waals surface area contributed by atoms with E-state index < -0.39 is 9.84 Å². The van der Waals surface area contributed by atoms with Crippen LogP contribution in [0.15, 0.2) is 46.1 Å². The van der Waals surface area contributed by atoms with Crippen LogP contribution in [0.2, 0.25) is 0 Å². The summed E-state index contributed by atoms with van der Waals surface area (Å²) in [5.41, 5.74) is 1.99. The standard InChI is InChI=1S/C14H12N4O3S/c1-9-7-12(16-8-15-9)14-17-13(18-21-14)10-3-5-11(6-4-10)22(2,19)20/h3-8H,1-2H3. The van der Waals surface area contributed by atoms with Crippen LogP contribution in [0.1, 0.15) is 5.69 Å². The maximum Gasteiger partial charge on any atom is 0.276 e. The number of hydrogen-bond donors (Lipinski definition) is 0. The van der Waals surface area contributed by atoms with E-state index in [4.69, 9.17) is 4.52 Å². The van der Waals surface area contributed by atoms with E-state index in [1.54, 1.807) is 18.2 Å². The Morgan fingerprint density at radius 2 is 1.82 bits per heavy atom. The molecular weight excluding hydrogens is 304 g/mol. The summed E-state index contributed by atoms with van der Waals surface area (Å²) < 4.78 is 28.1. The van der Waals surface area contributed by atoms with Crippen LogP contribution in [0.3, 0.4) is 0 Å². The van der Waals surface area contributed by atoms with Gasteiger partial charge in [-0.15, -0.1) is 0 Å². The predicted octanol–water partition coefficient (Wildman–Crippen LogP) is 1.91. The van der Waals surface area contributed by atoms with Crippen molar-refractivity contribution in [1.29, 1.82) is 0 Å². The van der Waals surface area contributed by atoms with Crippen molar-refractivity contribution in [3.63, 3.8) is 0 Å². The average molecular weight is 316 g/mol. The zero-order valence-corrected chi connectivity index (χ0v) is 12.7. The van der Waals surface area contributed by atoms with Crippen molar-refractivity contribution in [3.05, 3.63) is 42.4 Å². The Hall–Kier alpha value is -2.61. The van der Waals surface area contributed by atoms with Crippen LogP contribution >= 0.6 is 0 Å². The van der Waals surface area contributed by atoms with Gasteiger partial charge in [-0.05, 0) is 37.3 Å². The Morgan fingerprint density at radius 3 is 2.45 bits per heavy atom. The minimum Gasteiger partial charge on any atom is -0.332 e. The molecule has 0 N–H and O–H groups in total. The second-order valence-electron chi connectivity index (χ2n) is 4.76. The number of rotatable bonds is 3. The fourth-order valence-electron chi connectivity index (χ4n) is 1.87. The molecular formula is C14H12N4O3S. The molecule has 0 spiro atoms. The van der Waals surface area contributed by atoms with Crippen molar-refractivity contribution in [3.8, 4) is 23.0 Å². The third-order valence-corrected chi connectivity index (χ3v) is 4.12. The van der Waals surface area contributed by atoms with Gasteiger partial charge in [-0.2, -0.15) is 4.98 Å². The van der Waals surface area contributed by atoms with E-state index in [2.05, 4.69) is 20.1 Å². The first-order valence-corrected chi connectivity index (χ1v) is 8.26. The molecule has 2 heterocycles. The third-order valence-electron chi connectivity index (χ3n) is 2.99. The molecule has 3 rings (SSSR count). The molecule has 0 atom stereocenters. The quantitative estimate of drug-likeness (QED) is 0.727. The largest absolute Gasteiger partial charge is 0.332 e. The van der Waals surface area contributed by atoms with Gasteiger partial charge in [-0.25, -0.2) is 18.4 Å². The fraction of sp³-hybridized carbons (Fsp3) is 0.143. The molecule has 0 saturated carbocycles. The minimum atomic E-state index is -3.23. The summed E-state index contributed by atoms with van der Waals surface area (Å²) in [6, 6.07) is 8.03. The summed E-state index contributed by atoms with van der Waals surface area (Å²) in [6.07, 6.45) is 2.58. The maximum absolute atomic E-state index is 11.4. The molecule has 0 aliphatic heterocycles. The molecule has 0 amide bonds. The molecule has 0 aliphatic carbocycles. The molecule has 0 fully saturated rings. The molecule has 0 radical (unpaired) electrons. The highest BCUT2D eigenvalue weighted by atomic mass is 32.2. The highest BCUT2D eigenvalue weighted by molar-refractivity contribution is 7.90.